The van der Waals surface area contributed by atoms with E-state index in [0.717, 1.165) is 21.6 Å². The van der Waals surface area contributed by atoms with Crippen LogP contribution in [0.4, 0.5) is 4.79 Å². The Labute approximate surface area is 238 Å². The van der Waals surface area contributed by atoms with Gasteiger partial charge in [-0.25, -0.2) is 14.5 Å². The Morgan fingerprint density at radius 3 is 2.02 bits per heavy atom. The molecule has 1 fully saturated rings. The maximum atomic E-state index is 13.7. The first-order valence-corrected chi connectivity index (χ1v) is 13.4. The maximum absolute atomic E-state index is 13.7. The summed E-state index contributed by atoms with van der Waals surface area (Å²) in [5.41, 5.74) is 2.66. The molecule has 5 rings (SSSR count). The molecule has 2 atom stereocenters. The Morgan fingerprint density at radius 2 is 1.44 bits per heavy atom. The van der Waals surface area contributed by atoms with Crippen molar-refractivity contribution in [1.29, 1.82) is 0 Å². The fraction of sp³-hybridized carbons (Fsp3) is 0.182. The minimum atomic E-state index is -1.06. The monoisotopic (exact) mass is 550 g/mol. The first-order valence-electron chi connectivity index (χ1n) is 13.4. The van der Waals surface area contributed by atoms with Gasteiger partial charge < -0.3 is 19.9 Å². The minimum Gasteiger partial charge on any atom is -0.494 e. The lowest BCUT2D eigenvalue weighted by atomic mass is 9.88. The number of aromatic carboxylic acids is 1. The molecule has 0 spiro atoms. The number of benzene rings is 4. The number of nitrogens with zero attached hydrogens (tertiary/aromatic N) is 1. The first kappa shape index (κ1) is 27.5. The molecule has 0 radical (unpaired) electrons. The molecule has 8 heteroatoms. The predicted octanol–water partition coefficient (Wildman–Crippen LogP) is 5.69. The number of carbonyl (C=O) groups is 3. The van der Waals surface area contributed by atoms with Crippen LogP contribution in [0.1, 0.15) is 40.0 Å². The molecule has 4 aromatic carbocycles. The maximum Gasteiger partial charge on any atom is 0.335 e. The van der Waals surface area contributed by atoms with Crippen LogP contribution < -0.4 is 14.8 Å². The molecule has 208 valence electrons. The molecule has 1 aliphatic rings. The molecule has 1 heterocycles. The van der Waals surface area contributed by atoms with Crippen LogP contribution in [0.5, 0.6) is 11.5 Å². The number of rotatable bonds is 10. The Kier molecular flexibility index (Phi) is 8.29. The van der Waals surface area contributed by atoms with Gasteiger partial charge in [0.05, 0.1) is 24.1 Å². The zero-order valence-electron chi connectivity index (χ0n) is 22.5. The van der Waals surface area contributed by atoms with E-state index in [4.69, 9.17) is 9.47 Å². The number of β-lactam (4-membered cyclic amide) rings is 1. The predicted molar refractivity (Wildman–Crippen MR) is 153 cm³/mol. The number of hydrogen-bond donors (Lipinski definition) is 2. The molecule has 41 heavy (non-hydrogen) atoms. The van der Waals surface area contributed by atoms with E-state index in [1.54, 1.807) is 0 Å². The summed E-state index contributed by atoms with van der Waals surface area (Å²) in [7, 11) is 0. The average molecular weight is 551 g/mol. The van der Waals surface area contributed by atoms with Crippen molar-refractivity contribution in [2.45, 2.75) is 25.6 Å². The number of likely N-dealkylation sites (tertiary alicyclic amines) is 1. The number of imide groups is 1. The summed E-state index contributed by atoms with van der Waals surface area (Å²) in [5.74, 6) is -1.08. The van der Waals surface area contributed by atoms with Crippen molar-refractivity contribution in [3.8, 4) is 11.5 Å². The first-order chi connectivity index (χ1) is 20.0. The number of hydrogen-bond acceptors (Lipinski definition) is 5. The summed E-state index contributed by atoms with van der Waals surface area (Å²) in [6, 6.07) is 31.3. The van der Waals surface area contributed by atoms with Gasteiger partial charge >= 0.3 is 12.0 Å². The summed E-state index contributed by atoms with van der Waals surface area (Å²) >= 11 is 0. The van der Waals surface area contributed by atoms with E-state index in [9.17, 15) is 19.5 Å². The Balaban J connectivity index is 1.43. The van der Waals surface area contributed by atoms with Crippen molar-refractivity contribution in [2.24, 2.45) is 5.92 Å². The van der Waals surface area contributed by atoms with Gasteiger partial charge in [-0.1, -0.05) is 78.9 Å². The van der Waals surface area contributed by atoms with Gasteiger partial charge in [0, 0.05) is 0 Å². The molecule has 1 saturated heterocycles. The third-order valence-corrected chi connectivity index (χ3v) is 6.98. The minimum absolute atomic E-state index is 0.104. The van der Waals surface area contributed by atoms with Crippen molar-refractivity contribution < 1.29 is 29.0 Å². The molecule has 8 nitrogen and oxygen atoms in total. The quantitative estimate of drug-likeness (QED) is 0.246. The lowest BCUT2D eigenvalue weighted by Gasteiger charge is -2.45. The second-order valence-corrected chi connectivity index (χ2v) is 9.60. The number of nitrogens with one attached hydrogen (secondary N) is 1. The third-order valence-electron chi connectivity index (χ3n) is 6.98. The van der Waals surface area contributed by atoms with Gasteiger partial charge in [-0.2, -0.15) is 0 Å². The summed E-state index contributed by atoms with van der Waals surface area (Å²) in [4.78, 5) is 39.7. The summed E-state index contributed by atoms with van der Waals surface area (Å²) < 4.78 is 11.9. The second-order valence-electron chi connectivity index (χ2n) is 9.60. The number of carboxylic acid groups (broad SMARTS) is 1. The second kappa shape index (κ2) is 12.4. The van der Waals surface area contributed by atoms with Crippen molar-refractivity contribution in [3.63, 3.8) is 0 Å². The average Bonchev–Trinajstić information content (AvgIpc) is 3.00. The van der Waals surface area contributed by atoms with Crippen molar-refractivity contribution in [3.05, 3.63) is 131 Å². The highest BCUT2D eigenvalue weighted by Gasteiger charge is 2.53. The Morgan fingerprint density at radius 1 is 0.854 bits per heavy atom. The van der Waals surface area contributed by atoms with E-state index in [1.165, 1.54) is 24.3 Å². The number of amides is 3. The van der Waals surface area contributed by atoms with Gasteiger partial charge in [-0.3, -0.25) is 4.79 Å². The zero-order chi connectivity index (χ0) is 28.8. The number of ether oxygens (including phenoxy) is 2. The highest BCUT2D eigenvalue weighted by atomic mass is 16.5. The topological polar surface area (TPSA) is 105 Å². The molecule has 3 amide bonds. The van der Waals surface area contributed by atoms with Crippen molar-refractivity contribution in [1.82, 2.24) is 10.2 Å². The van der Waals surface area contributed by atoms with Gasteiger partial charge in [0.25, 0.3) is 0 Å². The smallest absolute Gasteiger partial charge is 0.335 e. The third kappa shape index (κ3) is 6.06. The van der Waals surface area contributed by atoms with Crippen LogP contribution in [-0.2, 0) is 11.2 Å². The zero-order valence-corrected chi connectivity index (χ0v) is 22.5. The molecule has 2 N–H and O–H groups in total. The SMILES string of the molecule is CCOc1ccccc1C[C@@H]1C(=O)N(C(=O)NC(c2ccccc2)c2ccccc2)[C@H]1Oc1ccc(C(=O)O)cc1. The molecule has 0 bridgehead atoms. The molecule has 0 unspecified atom stereocenters. The van der Waals surface area contributed by atoms with Crippen LogP contribution in [0.3, 0.4) is 0 Å². The van der Waals surface area contributed by atoms with E-state index >= 15 is 0 Å². The van der Waals surface area contributed by atoms with Gasteiger partial charge in [-0.05, 0) is 60.4 Å². The largest absolute Gasteiger partial charge is 0.494 e. The van der Waals surface area contributed by atoms with Crippen LogP contribution in [0.2, 0.25) is 0 Å². The van der Waals surface area contributed by atoms with Gasteiger partial charge in [0.15, 0.2) is 6.23 Å². The van der Waals surface area contributed by atoms with Gasteiger partial charge in [-0.15, -0.1) is 0 Å². The highest BCUT2D eigenvalue weighted by molar-refractivity contribution is 6.01. The van der Waals surface area contributed by atoms with Crippen LogP contribution in [-0.4, -0.2) is 40.7 Å². The molecule has 0 saturated carbocycles. The highest BCUT2D eigenvalue weighted by Crippen LogP contribution is 2.35. The molecular formula is C33H30N2O6. The van der Waals surface area contributed by atoms with Crippen LogP contribution in [0.25, 0.3) is 0 Å². The summed E-state index contributed by atoms with van der Waals surface area (Å²) in [5, 5.41) is 12.3. The number of urea groups is 1. The lowest BCUT2D eigenvalue weighted by Crippen LogP contribution is -2.68. The number of carboxylic acids is 1. The summed E-state index contributed by atoms with van der Waals surface area (Å²) in [6.45, 7) is 2.36. The molecule has 4 aromatic rings. The standard InChI is InChI=1S/C33H30N2O6/c1-2-40-28-16-10-9-15-25(28)21-27-30(36)35(31(27)41-26-19-17-24(18-20-26)32(37)38)33(39)34-29(22-11-5-3-6-12-22)23-13-7-4-8-14-23/h3-20,27,29,31H,2,21H2,1H3,(H,34,39)(H,37,38)/t27-,31+/m1/s1. The molecular weight excluding hydrogens is 520 g/mol. The fourth-order valence-corrected chi connectivity index (χ4v) is 4.93. The molecule has 0 aromatic heterocycles. The van der Waals surface area contributed by atoms with Crippen LogP contribution in [0, 0.1) is 5.92 Å². The Hall–Kier alpha value is -5.11. The number of carbonyl (C=O) groups excluding carboxylic acids is 2. The van der Waals surface area contributed by atoms with Crippen LogP contribution >= 0.6 is 0 Å². The van der Waals surface area contributed by atoms with E-state index in [2.05, 4.69) is 5.32 Å². The van der Waals surface area contributed by atoms with E-state index < -0.39 is 30.2 Å². The van der Waals surface area contributed by atoms with Gasteiger partial charge in [0.2, 0.25) is 5.91 Å². The van der Waals surface area contributed by atoms with E-state index in [-0.39, 0.29) is 11.5 Å². The normalized spacial score (nSPS) is 16.1. The Bertz CT molecular complexity index is 1470. The van der Waals surface area contributed by atoms with E-state index in [0.29, 0.717) is 24.5 Å². The molecule has 0 aliphatic carbocycles. The van der Waals surface area contributed by atoms with Gasteiger partial charge in [0.1, 0.15) is 11.5 Å². The van der Waals surface area contributed by atoms with Crippen molar-refractivity contribution in [2.75, 3.05) is 6.61 Å². The lowest BCUT2D eigenvalue weighted by molar-refractivity contribution is -0.166. The number of para-hydroxylation sites is 1. The fourth-order valence-electron chi connectivity index (χ4n) is 4.93. The molecule has 1 aliphatic heterocycles. The van der Waals surface area contributed by atoms with E-state index in [1.807, 2.05) is 91.9 Å². The summed E-state index contributed by atoms with van der Waals surface area (Å²) in [6.07, 6.45) is -0.614. The van der Waals surface area contributed by atoms with Crippen molar-refractivity contribution >= 4 is 17.9 Å². The van der Waals surface area contributed by atoms with Crippen LogP contribution in [0.15, 0.2) is 109 Å².